The minimum atomic E-state index is -0.0830. The van der Waals surface area contributed by atoms with E-state index in [0.717, 1.165) is 38.0 Å². The summed E-state index contributed by atoms with van der Waals surface area (Å²) in [6, 6.07) is 8.13. The van der Waals surface area contributed by atoms with Crippen molar-refractivity contribution in [2.75, 3.05) is 20.3 Å². The van der Waals surface area contributed by atoms with Crippen molar-refractivity contribution in [2.24, 2.45) is 0 Å². The lowest BCUT2D eigenvalue weighted by Crippen LogP contribution is -2.38. The van der Waals surface area contributed by atoms with Gasteiger partial charge < -0.3 is 20.1 Å². The fraction of sp³-hybridized carbons (Fsp3) is 0.588. The molecule has 2 amide bonds. The van der Waals surface area contributed by atoms with Crippen molar-refractivity contribution in [2.45, 2.75) is 43.7 Å². The maximum absolute atomic E-state index is 11.9. The summed E-state index contributed by atoms with van der Waals surface area (Å²) in [5.41, 5.74) is 1.18. The first kappa shape index (κ1) is 15.2. The number of carbonyl (C=O) groups excluding carboxylic acids is 1. The summed E-state index contributed by atoms with van der Waals surface area (Å²) in [5.74, 6) is 1.26. The molecule has 120 valence electrons. The molecule has 2 N–H and O–H groups in total. The Morgan fingerprint density at radius 1 is 1.41 bits per heavy atom. The highest BCUT2D eigenvalue weighted by Crippen LogP contribution is 2.44. The van der Waals surface area contributed by atoms with Crippen molar-refractivity contribution in [1.82, 2.24) is 10.6 Å². The zero-order valence-corrected chi connectivity index (χ0v) is 13.0. The Bertz CT molecular complexity index is 514. The van der Waals surface area contributed by atoms with Crippen LogP contribution in [0, 0.1) is 0 Å². The average Bonchev–Trinajstić information content (AvgIpc) is 3.08. The van der Waals surface area contributed by atoms with Gasteiger partial charge in [-0.25, -0.2) is 4.79 Å². The molecular formula is C17H24N2O3. The molecule has 0 radical (unpaired) electrons. The number of rotatable bonds is 6. The van der Waals surface area contributed by atoms with E-state index in [1.165, 1.54) is 5.56 Å². The third-order valence-electron chi connectivity index (χ3n) is 4.42. The van der Waals surface area contributed by atoms with Crippen LogP contribution in [0.2, 0.25) is 0 Å². The topological polar surface area (TPSA) is 59.6 Å². The van der Waals surface area contributed by atoms with E-state index < -0.39 is 0 Å². The van der Waals surface area contributed by atoms with Crippen molar-refractivity contribution in [3.63, 3.8) is 0 Å². The van der Waals surface area contributed by atoms with Gasteiger partial charge in [-0.1, -0.05) is 18.2 Å². The van der Waals surface area contributed by atoms with Crippen LogP contribution in [0.4, 0.5) is 4.79 Å². The Kier molecular flexibility index (Phi) is 4.83. The molecular weight excluding hydrogens is 280 g/mol. The number of urea groups is 1. The molecule has 2 aliphatic rings. The van der Waals surface area contributed by atoms with E-state index in [9.17, 15) is 4.79 Å². The highest BCUT2D eigenvalue weighted by molar-refractivity contribution is 5.75. The molecule has 0 spiro atoms. The predicted molar refractivity (Wildman–Crippen MR) is 84.3 cm³/mol. The fourth-order valence-electron chi connectivity index (χ4n) is 3.11. The Balaban J connectivity index is 1.40. The smallest absolute Gasteiger partial charge is 0.315 e. The molecule has 5 heteroatoms. The maximum Gasteiger partial charge on any atom is 0.315 e. The third-order valence-corrected chi connectivity index (χ3v) is 4.42. The lowest BCUT2D eigenvalue weighted by Gasteiger charge is -2.11. The molecule has 0 unspecified atom stereocenters. The zero-order chi connectivity index (χ0) is 15.4. The van der Waals surface area contributed by atoms with Crippen LogP contribution in [0.5, 0.6) is 5.75 Å². The van der Waals surface area contributed by atoms with Crippen molar-refractivity contribution in [1.29, 1.82) is 0 Å². The number of ether oxygens (including phenoxy) is 2. The van der Waals surface area contributed by atoms with Gasteiger partial charge >= 0.3 is 6.03 Å². The Morgan fingerprint density at radius 2 is 2.27 bits per heavy atom. The molecule has 1 aliphatic heterocycles. The van der Waals surface area contributed by atoms with Gasteiger partial charge in [-0.3, -0.25) is 0 Å². The highest BCUT2D eigenvalue weighted by Gasteiger charge is 2.41. The minimum absolute atomic E-state index is 0.0830. The van der Waals surface area contributed by atoms with Crippen molar-refractivity contribution < 1.29 is 14.3 Å². The Morgan fingerprint density at radius 3 is 3.05 bits per heavy atom. The molecule has 3 rings (SSSR count). The van der Waals surface area contributed by atoms with E-state index in [4.69, 9.17) is 9.47 Å². The van der Waals surface area contributed by atoms with E-state index in [-0.39, 0.29) is 12.1 Å². The van der Waals surface area contributed by atoms with Crippen LogP contribution < -0.4 is 15.4 Å². The third kappa shape index (κ3) is 3.71. The number of benzene rings is 1. The second kappa shape index (κ2) is 7.01. The molecule has 1 heterocycles. The summed E-state index contributed by atoms with van der Waals surface area (Å²) < 4.78 is 10.9. The van der Waals surface area contributed by atoms with Crippen molar-refractivity contribution >= 4 is 6.03 Å². The van der Waals surface area contributed by atoms with Crippen LogP contribution in [-0.4, -0.2) is 38.4 Å². The number of hydrogen-bond donors (Lipinski definition) is 2. The van der Waals surface area contributed by atoms with Crippen molar-refractivity contribution in [3.8, 4) is 5.75 Å². The molecule has 0 bridgehead atoms. The highest BCUT2D eigenvalue weighted by atomic mass is 16.5. The summed E-state index contributed by atoms with van der Waals surface area (Å²) in [6.45, 7) is 1.53. The van der Waals surface area contributed by atoms with Gasteiger partial charge in [0.2, 0.25) is 0 Å². The van der Waals surface area contributed by atoms with E-state index in [1.807, 2.05) is 18.2 Å². The average molecular weight is 304 g/mol. The molecule has 22 heavy (non-hydrogen) atoms. The van der Waals surface area contributed by atoms with Gasteiger partial charge in [0, 0.05) is 25.1 Å². The standard InChI is InChI=1S/C17H24N2O3/c1-21-16-7-3-2-6-13(16)14-11-15(14)19-17(20)18-9-8-12-5-4-10-22-12/h2-3,6-7,12,14-15H,4-5,8-11H2,1H3,(H2,18,19,20)/t12-,14+,15+/m1/s1. The monoisotopic (exact) mass is 304 g/mol. The summed E-state index contributed by atoms with van der Waals surface area (Å²) >= 11 is 0. The number of amides is 2. The van der Waals surface area contributed by atoms with Crippen molar-refractivity contribution in [3.05, 3.63) is 29.8 Å². The van der Waals surface area contributed by atoms with Crippen LogP contribution in [0.25, 0.3) is 0 Å². The molecule has 3 atom stereocenters. The maximum atomic E-state index is 11.9. The minimum Gasteiger partial charge on any atom is -0.496 e. The largest absolute Gasteiger partial charge is 0.496 e. The van der Waals surface area contributed by atoms with Crippen LogP contribution in [-0.2, 0) is 4.74 Å². The zero-order valence-electron chi connectivity index (χ0n) is 13.0. The first-order valence-corrected chi connectivity index (χ1v) is 8.07. The quantitative estimate of drug-likeness (QED) is 0.848. The Labute approximate surface area is 131 Å². The molecule has 1 aromatic carbocycles. The van der Waals surface area contributed by atoms with E-state index in [1.54, 1.807) is 7.11 Å². The lowest BCUT2D eigenvalue weighted by molar-refractivity contribution is 0.104. The van der Waals surface area contributed by atoms with Gasteiger partial charge in [-0.15, -0.1) is 0 Å². The molecule has 0 aromatic heterocycles. The van der Waals surface area contributed by atoms with Gasteiger partial charge in [0.1, 0.15) is 5.75 Å². The predicted octanol–water partition coefficient (Wildman–Crippen LogP) is 2.42. The van der Waals surface area contributed by atoms with Gasteiger partial charge in [-0.2, -0.15) is 0 Å². The van der Waals surface area contributed by atoms with Crippen LogP contribution in [0.3, 0.4) is 0 Å². The first-order chi connectivity index (χ1) is 10.8. The van der Waals surface area contributed by atoms with E-state index in [2.05, 4.69) is 16.7 Å². The van der Waals surface area contributed by atoms with Gasteiger partial charge in [0.05, 0.1) is 13.2 Å². The molecule has 2 fully saturated rings. The van der Waals surface area contributed by atoms with Crippen LogP contribution in [0.15, 0.2) is 24.3 Å². The lowest BCUT2D eigenvalue weighted by atomic mass is 10.1. The molecule has 1 saturated carbocycles. The molecule has 1 aliphatic carbocycles. The second-order valence-corrected chi connectivity index (χ2v) is 6.01. The van der Waals surface area contributed by atoms with E-state index in [0.29, 0.717) is 18.6 Å². The van der Waals surface area contributed by atoms with E-state index >= 15 is 0 Å². The molecule has 1 aromatic rings. The number of methoxy groups -OCH3 is 1. The normalized spacial score (nSPS) is 26.5. The molecule has 1 saturated heterocycles. The Hall–Kier alpha value is -1.75. The summed E-state index contributed by atoms with van der Waals surface area (Å²) in [6.07, 6.45) is 4.44. The van der Waals surface area contributed by atoms with Gasteiger partial charge in [0.15, 0.2) is 0 Å². The van der Waals surface area contributed by atoms with Gasteiger partial charge in [0.25, 0.3) is 0 Å². The number of carbonyl (C=O) groups is 1. The number of para-hydroxylation sites is 1. The first-order valence-electron chi connectivity index (χ1n) is 8.07. The number of hydrogen-bond acceptors (Lipinski definition) is 3. The van der Waals surface area contributed by atoms with Gasteiger partial charge in [-0.05, 0) is 37.3 Å². The van der Waals surface area contributed by atoms with Crippen LogP contribution in [0.1, 0.15) is 37.2 Å². The molecule has 5 nitrogen and oxygen atoms in total. The fourth-order valence-corrected chi connectivity index (χ4v) is 3.11. The van der Waals surface area contributed by atoms with Crippen LogP contribution >= 0.6 is 0 Å². The summed E-state index contributed by atoms with van der Waals surface area (Å²) in [5, 5.41) is 5.95. The second-order valence-electron chi connectivity index (χ2n) is 6.01. The summed E-state index contributed by atoms with van der Waals surface area (Å²) in [7, 11) is 1.68. The number of nitrogens with one attached hydrogen (secondary N) is 2. The summed E-state index contributed by atoms with van der Waals surface area (Å²) in [4.78, 5) is 11.9. The SMILES string of the molecule is COc1ccccc1[C@@H]1C[C@@H]1NC(=O)NCC[C@H]1CCCO1.